The Bertz CT molecular complexity index is 982. The van der Waals surface area contributed by atoms with Gasteiger partial charge in [-0.25, -0.2) is 4.39 Å². The summed E-state index contributed by atoms with van der Waals surface area (Å²) in [6, 6.07) is 17.2. The molecule has 0 spiro atoms. The lowest BCUT2D eigenvalue weighted by Gasteiger charge is -2.20. The van der Waals surface area contributed by atoms with Gasteiger partial charge >= 0.3 is 0 Å². The summed E-state index contributed by atoms with van der Waals surface area (Å²) in [5.41, 5.74) is 2.16. The zero-order valence-electron chi connectivity index (χ0n) is 16.1. The lowest BCUT2D eigenvalue weighted by molar-refractivity contribution is 0.102. The second-order valence-electron chi connectivity index (χ2n) is 7.19. The summed E-state index contributed by atoms with van der Waals surface area (Å²) in [5, 5.41) is 11.5. The average Bonchev–Trinajstić information content (AvgIpc) is 3.04. The molecule has 1 fully saturated rings. The van der Waals surface area contributed by atoms with E-state index in [1.165, 1.54) is 37.8 Å². The Morgan fingerprint density at radius 1 is 0.897 bits per heavy atom. The van der Waals surface area contributed by atoms with Crippen LogP contribution in [0.5, 0.6) is 0 Å². The zero-order valence-corrected chi connectivity index (χ0v) is 16.1. The predicted molar refractivity (Wildman–Crippen MR) is 113 cm³/mol. The van der Waals surface area contributed by atoms with Crippen molar-refractivity contribution in [2.75, 3.05) is 23.3 Å². The first-order chi connectivity index (χ1) is 14.2. The van der Waals surface area contributed by atoms with E-state index in [0.717, 1.165) is 30.2 Å². The maximum Gasteiger partial charge on any atom is 0.258 e. The van der Waals surface area contributed by atoms with Gasteiger partial charge < -0.3 is 10.2 Å². The lowest BCUT2D eigenvalue weighted by atomic mass is 10.1. The van der Waals surface area contributed by atoms with E-state index < -0.39 is 11.7 Å². The summed E-state index contributed by atoms with van der Waals surface area (Å²) in [6.07, 6.45) is 4.92. The van der Waals surface area contributed by atoms with Gasteiger partial charge in [0, 0.05) is 24.3 Å². The van der Waals surface area contributed by atoms with Crippen molar-refractivity contribution in [2.45, 2.75) is 25.7 Å². The molecule has 1 aliphatic rings. The second-order valence-corrected chi connectivity index (χ2v) is 7.19. The molecule has 5 nitrogen and oxygen atoms in total. The molecule has 1 amide bonds. The standard InChI is InChI=1S/C23H23FN4O/c24-20-11-4-3-10-19(20)23(29)25-18-9-7-8-17(16-18)21-12-13-22(27-26-21)28-14-5-1-2-6-15-28/h3-4,7-13,16H,1-2,5-6,14-15H2,(H,25,29). The van der Waals surface area contributed by atoms with E-state index in [-0.39, 0.29) is 5.56 Å². The third kappa shape index (κ3) is 4.59. The third-order valence-corrected chi connectivity index (χ3v) is 5.12. The van der Waals surface area contributed by atoms with E-state index in [0.29, 0.717) is 5.69 Å². The Kier molecular flexibility index (Phi) is 5.79. The van der Waals surface area contributed by atoms with Gasteiger partial charge in [-0.05, 0) is 49.2 Å². The maximum absolute atomic E-state index is 13.8. The van der Waals surface area contributed by atoms with E-state index in [9.17, 15) is 9.18 Å². The van der Waals surface area contributed by atoms with Crippen molar-refractivity contribution in [3.63, 3.8) is 0 Å². The molecule has 0 unspecified atom stereocenters. The predicted octanol–water partition coefficient (Wildman–Crippen LogP) is 4.92. The fourth-order valence-electron chi connectivity index (χ4n) is 3.55. The quantitative estimate of drug-likeness (QED) is 0.687. The van der Waals surface area contributed by atoms with Crippen LogP contribution in [0.1, 0.15) is 36.0 Å². The number of nitrogens with zero attached hydrogens (tertiary/aromatic N) is 3. The van der Waals surface area contributed by atoms with E-state index in [1.807, 2.05) is 30.3 Å². The first kappa shape index (κ1) is 19.1. The minimum atomic E-state index is -0.545. The van der Waals surface area contributed by atoms with Crippen molar-refractivity contribution >= 4 is 17.4 Å². The van der Waals surface area contributed by atoms with Gasteiger partial charge in [0.2, 0.25) is 0 Å². The fraction of sp³-hybridized carbons (Fsp3) is 0.261. The minimum Gasteiger partial charge on any atom is -0.355 e. The van der Waals surface area contributed by atoms with Crippen LogP contribution in [0.25, 0.3) is 11.3 Å². The molecule has 1 aromatic heterocycles. The number of halogens is 1. The van der Waals surface area contributed by atoms with Crippen molar-refractivity contribution in [3.8, 4) is 11.3 Å². The number of benzene rings is 2. The van der Waals surface area contributed by atoms with Gasteiger partial charge in [0.25, 0.3) is 5.91 Å². The summed E-state index contributed by atoms with van der Waals surface area (Å²) in [5.74, 6) is -0.126. The number of hydrogen-bond acceptors (Lipinski definition) is 4. The van der Waals surface area contributed by atoms with Crippen molar-refractivity contribution in [1.29, 1.82) is 0 Å². The molecule has 2 heterocycles. The lowest BCUT2D eigenvalue weighted by Crippen LogP contribution is -2.25. The highest BCUT2D eigenvalue weighted by Gasteiger charge is 2.13. The molecular weight excluding hydrogens is 367 g/mol. The number of carbonyl (C=O) groups excluding carboxylic acids is 1. The molecule has 0 aliphatic carbocycles. The molecule has 3 aromatic rings. The molecule has 0 radical (unpaired) electrons. The van der Waals surface area contributed by atoms with Crippen LogP contribution in [-0.2, 0) is 0 Å². The Morgan fingerprint density at radius 3 is 2.41 bits per heavy atom. The maximum atomic E-state index is 13.8. The molecule has 1 N–H and O–H groups in total. The number of anilines is 2. The molecule has 148 valence electrons. The average molecular weight is 390 g/mol. The molecule has 2 aromatic carbocycles. The van der Waals surface area contributed by atoms with Gasteiger partial charge in [0.1, 0.15) is 5.82 Å². The molecule has 0 atom stereocenters. The van der Waals surface area contributed by atoms with Crippen LogP contribution in [0.15, 0.2) is 60.7 Å². The molecule has 0 bridgehead atoms. The molecular formula is C23H23FN4O. The van der Waals surface area contributed by atoms with Crippen LogP contribution in [0.2, 0.25) is 0 Å². The minimum absolute atomic E-state index is 0.0134. The summed E-state index contributed by atoms with van der Waals surface area (Å²) in [6.45, 7) is 2.04. The molecule has 29 heavy (non-hydrogen) atoms. The van der Waals surface area contributed by atoms with Crippen molar-refractivity contribution in [2.24, 2.45) is 0 Å². The number of nitrogens with one attached hydrogen (secondary N) is 1. The first-order valence-corrected chi connectivity index (χ1v) is 9.96. The fourth-order valence-corrected chi connectivity index (χ4v) is 3.55. The van der Waals surface area contributed by atoms with Crippen LogP contribution < -0.4 is 10.2 Å². The third-order valence-electron chi connectivity index (χ3n) is 5.12. The van der Waals surface area contributed by atoms with E-state index >= 15 is 0 Å². The van der Waals surface area contributed by atoms with Gasteiger partial charge in [-0.2, -0.15) is 0 Å². The smallest absolute Gasteiger partial charge is 0.258 e. The van der Waals surface area contributed by atoms with Crippen LogP contribution in [0.4, 0.5) is 15.9 Å². The summed E-state index contributed by atoms with van der Waals surface area (Å²) in [7, 11) is 0. The van der Waals surface area contributed by atoms with Crippen LogP contribution in [-0.4, -0.2) is 29.2 Å². The number of carbonyl (C=O) groups is 1. The number of hydrogen-bond donors (Lipinski definition) is 1. The number of rotatable bonds is 4. The number of amides is 1. The van der Waals surface area contributed by atoms with Crippen LogP contribution in [0.3, 0.4) is 0 Å². The largest absolute Gasteiger partial charge is 0.355 e. The van der Waals surface area contributed by atoms with Crippen molar-refractivity contribution in [3.05, 3.63) is 72.0 Å². The molecule has 0 saturated carbocycles. The Balaban J connectivity index is 1.49. The van der Waals surface area contributed by atoms with Crippen LogP contribution >= 0.6 is 0 Å². The molecule has 4 rings (SSSR count). The highest BCUT2D eigenvalue weighted by atomic mass is 19.1. The van der Waals surface area contributed by atoms with Crippen LogP contribution in [0, 0.1) is 5.82 Å². The first-order valence-electron chi connectivity index (χ1n) is 9.96. The highest BCUT2D eigenvalue weighted by molar-refractivity contribution is 6.04. The summed E-state index contributed by atoms with van der Waals surface area (Å²) in [4.78, 5) is 14.6. The van der Waals surface area contributed by atoms with Crippen molar-refractivity contribution in [1.82, 2.24) is 10.2 Å². The van der Waals surface area contributed by atoms with Gasteiger partial charge in [-0.3, -0.25) is 4.79 Å². The van der Waals surface area contributed by atoms with E-state index in [2.05, 4.69) is 20.4 Å². The molecule has 6 heteroatoms. The Morgan fingerprint density at radius 2 is 1.69 bits per heavy atom. The monoisotopic (exact) mass is 390 g/mol. The van der Waals surface area contributed by atoms with Gasteiger partial charge in [0.05, 0.1) is 11.3 Å². The number of aromatic nitrogens is 2. The molecule has 1 aliphatic heterocycles. The van der Waals surface area contributed by atoms with Gasteiger partial charge in [-0.1, -0.05) is 37.1 Å². The summed E-state index contributed by atoms with van der Waals surface area (Å²) < 4.78 is 13.8. The highest BCUT2D eigenvalue weighted by Crippen LogP contribution is 2.23. The topological polar surface area (TPSA) is 58.1 Å². The normalized spacial score (nSPS) is 14.3. The van der Waals surface area contributed by atoms with Gasteiger partial charge in [-0.15, -0.1) is 10.2 Å². The second kappa shape index (κ2) is 8.82. The Hall–Kier alpha value is -3.28. The van der Waals surface area contributed by atoms with Crippen molar-refractivity contribution < 1.29 is 9.18 Å². The Labute approximate surface area is 169 Å². The van der Waals surface area contributed by atoms with E-state index in [1.54, 1.807) is 18.2 Å². The van der Waals surface area contributed by atoms with Gasteiger partial charge in [0.15, 0.2) is 5.82 Å². The zero-order chi connectivity index (χ0) is 20.1. The molecule has 1 saturated heterocycles. The summed E-state index contributed by atoms with van der Waals surface area (Å²) >= 11 is 0. The van der Waals surface area contributed by atoms with E-state index in [4.69, 9.17) is 0 Å². The SMILES string of the molecule is O=C(Nc1cccc(-c2ccc(N3CCCCCC3)nn2)c1)c1ccccc1F.